The third-order valence-corrected chi connectivity index (χ3v) is 7.96. The largest absolute Gasteiger partial charge is 0.497 e. The van der Waals surface area contributed by atoms with Crippen LogP contribution in [0.25, 0.3) is 10.9 Å². The number of aromatic nitrogens is 1. The van der Waals surface area contributed by atoms with Crippen LogP contribution in [0.3, 0.4) is 0 Å². The molecular formula is C29H33N5O4S. The van der Waals surface area contributed by atoms with Crippen LogP contribution in [0.15, 0.2) is 77.8 Å². The van der Waals surface area contributed by atoms with Gasteiger partial charge in [-0.15, -0.1) is 0 Å². The van der Waals surface area contributed by atoms with Crippen molar-refractivity contribution in [3.05, 3.63) is 89.6 Å². The SMILES string of the molecule is COc1ccc(CN(C(=N)CCc2c[nH]c3ccccc23)C(=N)CNS(=O)(=O)c2ccc(C)cc2)c(OC)c1. The van der Waals surface area contributed by atoms with E-state index in [4.69, 9.17) is 20.3 Å². The number of sulfonamides is 1. The summed E-state index contributed by atoms with van der Waals surface area (Å²) in [5.74, 6) is 1.32. The average Bonchev–Trinajstić information content (AvgIpc) is 3.36. The van der Waals surface area contributed by atoms with Gasteiger partial charge in [-0.05, 0) is 49.2 Å². The minimum atomic E-state index is -3.83. The lowest BCUT2D eigenvalue weighted by molar-refractivity contribution is 0.387. The minimum absolute atomic E-state index is 0.0486. The highest BCUT2D eigenvalue weighted by Crippen LogP contribution is 2.26. The normalized spacial score (nSPS) is 11.4. The molecule has 0 saturated carbocycles. The van der Waals surface area contributed by atoms with Crippen molar-refractivity contribution in [3.63, 3.8) is 0 Å². The molecule has 4 N–H and O–H groups in total. The first-order valence-electron chi connectivity index (χ1n) is 12.5. The fraction of sp³-hybridized carbons (Fsp3) is 0.241. The van der Waals surface area contributed by atoms with Crippen LogP contribution in [0.5, 0.6) is 11.5 Å². The quantitative estimate of drug-likeness (QED) is 0.157. The molecular weight excluding hydrogens is 514 g/mol. The van der Waals surface area contributed by atoms with Gasteiger partial charge in [0.1, 0.15) is 23.2 Å². The first-order chi connectivity index (χ1) is 18.7. The maximum absolute atomic E-state index is 12.9. The first-order valence-corrected chi connectivity index (χ1v) is 13.9. The third-order valence-electron chi connectivity index (χ3n) is 6.54. The van der Waals surface area contributed by atoms with Crippen molar-refractivity contribution >= 4 is 32.6 Å². The van der Waals surface area contributed by atoms with E-state index >= 15 is 0 Å². The van der Waals surface area contributed by atoms with Crippen molar-refractivity contribution in [1.29, 1.82) is 10.8 Å². The predicted molar refractivity (Wildman–Crippen MR) is 154 cm³/mol. The number of benzene rings is 3. The molecule has 10 heteroatoms. The predicted octanol–water partition coefficient (Wildman–Crippen LogP) is 4.86. The summed E-state index contributed by atoms with van der Waals surface area (Å²) in [7, 11) is -0.717. The van der Waals surface area contributed by atoms with Gasteiger partial charge in [-0.1, -0.05) is 35.9 Å². The van der Waals surface area contributed by atoms with Gasteiger partial charge in [0.2, 0.25) is 10.0 Å². The summed E-state index contributed by atoms with van der Waals surface area (Å²) in [6.07, 6.45) is 2.88. The van der Waals surface area contributed by atoms with Gasteiger partial charge in [-0.2, -0.15) is 0 Å². The summed E-state index contributed by atoms with van der Waals surface area (Å²) in [5, 5.41) is 18.8. The second-order valence-electron chi connectivity index (χ2n) is 9.15. The summed E-state index contributed by atoms with van der Waals surface area (Å²) in [5.41, 5.74) is 3.78. The lowest BCUT2D eigenvalue weighted by Gasteiger charge is -2.27. The number of methoxy groups -OCH3 is 2. The highest BCUT2D eigenvalue weighted by molar-refractivity contribution is 7.89. The number of aromatic amines is 1. The second kappa shape index (κ2) is 12.1. The van der Waals surface area contributed by atoms with E-state index < -0.39 is 10.0 Å². The first kappa shape index (κ1) is 27.9. The highest BCUT2D eigenvalue weighted by atomic mass is 32.2. The van der Waals surface area contributed by atoms with E-state index in [1.807, 2.05) is 43.5 Å². The fourth-order valence-electron chi connectivity index (χ4n) is 4.29. The Bertz CT molecular complexity index is 1580. The summed E-state index contributed by atoms with van der Waals surface area (Å²) in [6, 6.07) is 19.8. The fourth-order valence-corrected chi connectivity index (χ4v) is 5.28. The number of para-hydroxylation sites is 1. The molecule has 0 amide bonds. The maximum atomic E-state index is 12.9. The Morgan fingerprint density at radius 1 is 0.949 bits per heavy atom. The van der Waals surface area contributed by atoms with Gasteiger partial charge in [0.25, 0.3) is 0 Å². The van der Waals surface area contributed by atoms with Crippen molar-refractivity contribution < 1.29 is 17.9 Å². The topological polar surface area (TPSA) is 131 Å². The van der Waals surface area contributed by atoms with Crippen LogP contribution < -0.4 is 14.2 Å². The summed E-state index contributed by atoms with van der Waals surface area (Å²) in [4.78, 5) is 4.89. The van der Waals surface area contributed by atoms with E-state index in [2.05, 4.69) is 9.71 Å². The molecule has 9 nitrogen and oxygen atoms in total. The van der Waals surface area contributed by atoms with E-state index in [1.54, 1.807) is 38.5 Å². The zero-order chi connectivity index (χ0) is 28.0. The van der Waals surface area contributed by atoms with Crippen molar-refractivity contribution in [3.8, 4) is 11.5 Å². The van der Waals surface area contributed by atoms with Crippen LogP contribution >= 0.6 is 0 Å². The number of H-pyrrole nitrogens is 1. The molecule has 1 aromatic heterocycles. The number of fused-ring (bicyclic) bond motifs is 1. The van der Waals surface area contributed by atoms with Gasteiger partial charge in [-0.3, -0.25) is 10.8 Å². The summed E-state index contributed by atoms with van der Waals surface area (Å²) in [6.45, 7) is 1.77. The number of aryl methyl sites for hydroxylation is 2. The van der Waals surface area contributed by atoms with Crippen LogP contribution in [-0.4, -0.2) is 50.7 Å². The van der Waals surface area contributed by atoms with Crippen LogP contribution in [-0.2, 0) is 23.0 Å². The van der Waals surface area contributed by atoms with Crippen LogP contribution in [0, 0.1) is 17.7 Å². The molecule has 0 bridgehead atoms. The van der Waals surface area contributed by atoms with Gasteiger partial charge in [0.05, 0.1) is 32.2 Å². The number of ether oxygens (including phenoxy) is 2. The van der Waals surface area contributed by atoms with E-state index in [0.29, 0.717) is 24.3 Å². The maximum Gasteiger partial charge on any atom is 0.240 e. The van der Waals surface area contributed by atoms with Crippen LogP contribution in [0.1, 0.15) is 23.1 Å². The molecule has 39 heavy (non-hydrogen) atoms. The van der Waals surface area contributed by atoms with Gasteiger partial charge in [0.15, 0.2) is 0 Å². The van der Waals surface area contributed by atoms with Gasteiger partial charge in [0, 0.05) is 35.2 Å². The van der Waals surface area contributed by atoms with Gasteiger partial charge >= 0.3 is 0 Å². The number of rotatable bonds is 11. The Kier molecular flexibility index (Phi) is 8.68. The molecule has 0 aliphatic heterocycles. The second-order valence-corrected chi connectivity index (χ2v) is 10.9. The lowest BCUT2D eigenvalue weighted by Crippen LogP contribution is -2.42. The van der Waals surface area contributed by atoms with Crippen molar-refractivity contribution in [1.82, 2.24) is 14.6 Å². The Labute approximate surface area is 228 Å². The molecule has 0 saturated heterocycles. The number of nitrogens with one attached hydrogen (secondary N) is 4. The van der Waals surface area contributed by atoms with Crippen molar-refractivity contribution in [2.75, 3.05) is 20.8 Å². The highest BCUT2D eigenvalue weighted by Gasteiger charge is 2.21. The molecule has 3 aromatic carbocycles. The van der Waals surface area contributed by atoms with Crippen molar-refractivity contribution in [2.45, 2.75) is 31.2 Å². The molecule has 4 aromatic rings. The molecule has 0 atom stereocenters. The van der Waals surface area contributed by atoms with Crippen LogP contribution in [0.4, 0.5) is 0 Å². The molecule has 4 rings (SSSR count). The Balaban J connectivity index is 1.54. The summed E-state index contributed by atoms with van der Waals surface area (Å²) < 4.78 is 39.1. The van der Waals surface area contributed by atoms with Gasteiger partial charge < -0.3 is 19.4 Å². The van der Waals surface area contributed by atoms with Crippen molar-refractivity contribution in [2.24, 2.45) is 0 Å². The Morgan fingerprint density at radius 2 is 1.69 bits per heavy atom. The molecule has 204 valence electrons. The number of hydrogen-bond acceptors (Lipinski definition) is 6. The minimum Gasteiger partial charge on any atom is -0.497 e. The third kappa shape index (κ3) is 6.65. The van der Waals surface area contributed by atoms with E-state index in [9.17, 15) is 8.42 Å². The molecule has 0 unspecified atom stereocenters. The Hall–Kier alpha value is -4.15. The monoisotopic (exact) mass is 547 g/mol. The lowest BCUT2D eigenvalue weighted by atomic mass is 10.1. The smallest absolute Gasteiger partial charge is 0.240 e. The molecule has 0 radical (unpaired) electrons. The van der Waals surface area contributed by atoms with E-state index in [0.717, 1.165) is 27.6 Å². The zero-order valence-electron chi connectivity index (χ0n) is 22.2. The number of amidine groups is 2. The molecule has 0 aliphatic carbocycles. The molecule has 0 aliphatic rings. The standard InChI is InChI=1S/C29H33N5O4S/c1-20-8-13-24(14-9-20)39(35,36)33-18-29(31)34(19-22-10-12-23(37-2)16-27(22)38-3)28(30)15-11-21-17-32-26-7-5-4-6-25(21)26/h4-10,12-14,16-17,30-33H,11,15,18-19H2,1-3H3. The molecule has 0 spiro atoms. The summed E-state index contributed by atoms with van der Waals surface area (Å²) >= 11 is 0. The van der Waals surface area contributed by atoms with E-state index in [-0.39, 0.29) is 29.7 Å². The van der Waals surface area contributed by atoms with Crippen LogP contribution in [0.2, 0.25) is 0 Å². The molecule has 1 heterocycles. The number of hydrogen-bond donors (Lipinski definition) is 4. The van der Waals surface area contributed by atoms with E-state index in [1.165, 1.54) is 17.0 Å². The number of nitrogens with zero attached hydrogens (tertiary/aromatic N) is 1. The Morgan fingerprint density at radius 3 is 2.41 bits per heavy atom. The zero-order valence-corrected chi connectivity index (χ0v) is 23.1. The van der Waals surface area contributed by atoms with Gasteiger partial charge in [-0.25, -0.2) is 13.1 Å². The molecule has 0 fully saturated rings. The average molecular weight is 548 g/mol.